The first-order valence-corrected chi connectivity index (χ1v) is 9.34. The Bertz CT molecular complexity index is 1010. The van der Waals surface area contributed by atoms with E-state index in [4.69, 9.17) is 4.52 Å². The van der Waals surface area contributed by atoms with E-state index in [1.165, 1.54) is 30.4 Å². The zero-order chi connectivity index (χ0) is 18.0. The number of aromatic nitrogens is 2. The lowest BCUT2D eigenvalue weighted by Crippen LogP contribution is -2.23. The number of sulfonamides is 1. The van der Waals surface area contributed by atoms with Crippen LogP contribution in [0.1, 0.15) is 11.5 Å². The van der Waals surface area contributed by atoms with E-state index < -0.39 is 14.9 Å². The number of nitro benzene ring substituents is 1. The molecule has 0 spiro atoms. The molecule has 0 bridgehead atoms. The van der Waals surface area contributed by atoms with Gasteiger partial charge in [0.25, 0.3) is 5.69 Å². The molecule has 0 amide bonds. The molecule has 3 rings (SSSR count). The number of thiophene rings is 1. The number of rotatable bonds is 6. The van der Waals surface area contributed by atoms with Crippen molar-refractivity contribution >= 4 is 27.0 Å². The van der Waals surface area contributed by atoms with Gasteiger partial charge in [-0.05, 0) is 24.4 Å². The molecule has 0 aliphatic heterocycles. The van der Waals surface area contributed by atoms with Crippen LogP contribution >= 0.6 is 11.3 Å². The maximum atomic E-state index is 12.3. The highest BCUT2D eigenvalue weighted by Gasteiger charge is 2.20. The third kappa shape index (κ3) is 3.73. The smallest absolute Gasteiger partial charge is 0.273 e. The second kappa shape index (κ2) is 6.70. The number of nitrogens with one attached hydrogen (secondary N) is 1. The van der Waals surface area contributed by atoms with E-state index >= 15 is 0 Å². The van der Waals surface area contributed by atoms with Crippen LogP contribution in [0.4, 0.5) is 5.69 Å². The summed E-state index contributed by atoms with van der Waals surface area (Å²) < 4.78 is 31.9. The van der Waals surface area contributed by atoms with Gasteiger partial charge in [-0.2, -0.15) is 4.98 Å². The number of hydrogen-bond acceptors (Lipinski definition) is 8. The van der Waals surface area contributed by atoms with Crippen molar-refractivity contribution in [3.05, 3.63) is 57.3 Å². The van der Waals surface area contributed by atoms with E-state index in [2.05, 4.69) is 14.9 Å². The SMILES string of the molecule is Cc1ccc(S(=O)(=O)NCc2nc(-c3cccs3)no2)cc1[N+](=O)[O-]. The van der Waals surface area contributed by atoms with Crippen LogP contribution in [0.2, 0.25) is 0 Å². The Balaban J connectivity index is 1.76. The molecule has 25 heavy (non-hydrogen) atoms. The summed E-state index contributed by atoms with van der Waals surface area (Å²) in [6.45, 7) is 1.31. The normalized spacial score (nSPS) is 11.6. The molecule has 2 heterocycles. The average molecular weight is 380 g/mol. The highest BCUT2D eigenvalue weighted by Crippen LogP contribution is 2.23. The monoisotopic (exact) mass is 380 g/mol. The van der Waals surface area contributed by atoms with Crippen molar-refractivity contribution in [3.8, 4) is 10.7 Å². The fourth-order valence-corrected chi connectivity index (χ4v) is 3.67. The van der Waals surface area contributed by atoms with E-state index in [0.717, 1.165) is 10.9 Å². The highest BCUT2D eigenvalue weighted by molar-refractivity contribution is 7.89. The van der Waals surface area contributed by atoms with Crippen molar-refractivity contribution in [2.45, 2.75) is 18.4 Å². The minimum Gasteiger partial charge on any atom is -0.337 e. The Hall–Kier alpha value is -2.63. The van der Waals surface area contributed by atoms with Crippen molar-refractivity contribution in [3.63, 3.8) is 0 Å². The Morgan fingerprint density at radius 3 is 2.84 bits per heavy atom. The van der Waals surface area contributed by atoms with Gasteiger partial charge in [0, 0.05) is 11.6 Å². The van der Waals surface area contributed by atoms with Gasteiger partial charge in [-0.3, -0.25) is 10.1 Å². The summed E-state index contributed by atoms with van der Waals surface area (Å²) in [5, 5.41) is 16.6. The van der Waals surface area contributed by atoms with E-state index in [1.807, 2.05) is 17.5 Å². The fraction of sp³-hybridized carbons (Fsp3) is 0.143. The maximum absolute atomic E-state index is 12.3. The van der Waals surface area contributed by atoms with Gasteiger partial charge in [0.15, 0.2) is 0 Å². The molecule has 0 aliphatic rings. The molecule has 2 aromatic heterocycles. The summed E-state index contributed by atoms with van der Waals surface area (Å²) in [4.78, 5) is 15.0. The third-order valence-electron chi connectivity index (χ3n) is 3.31. The summed E-state index contributed by atoms with van der Waals surface area (Å²) in [5.74, 6) is 0.462. The van der Waals surface area contributed by atoms with Crippen molar-refractivity contribution in [1.29, 1.82) is 0 Å². The second-order valence-corrected chi connectivity index (χ2v) is 7.73. The van der Waals surface area contributed by atoms with Crippen molar-refractivity contribution in [1.82, 2.24) is 14.9 Å². The lowest BCUT2D eigenvalue weighted by Gasteiger charge is -2.05. The Morgan fingerprint density at radius 2 is 2.16 bits per heavy atom. The van der Waals surface area contributed by atoms with Gasteiger partial charge in [0.05, 0.1) is 21.2 Å². The first-order chi connectivity index (χ1) is 11.9. The number of hydrogen-bond donors (Lipinski definition) is 1. The fourth-order valence-electron chi connectivity index (χ4n) is 2.03. The topological polar surface area (TPSA) is 128 Å². The molecule has 0 saturated carbocycles. The molecular formula is C14H12N4O5S2. The molecule has 9 nitrogen and oxygen atoms in total. The van der Waals surface area contributed by atoms with E-state index in [0.29, 0.717) is 11.4 Å². The third-order valence-corrected chi connectivity index (χ3v) is 5.58. The second-order valence-electron chi connectivity index (χ2n) is 5.02. The van der Waals surface area contributed by atoms with Crippen LogP contribution in [-0.2, 0) is 16.6 Å². The van der Waals surface area contributed by atoms with Crippen LogP contribution < -0.4 is 4.72 Å². The summed E-state index contributed by atoms with van der Waals surface area (Å²) in [6, 6.07) is 7.35. The highest BCUT2D eigenvalue weighted by atomic mass is 32.2. The number of benzene rings is 1. The van der Waals surface area contributed by atoms with E-state index in [-0.39, 0.29) is 23.0 Å². The number of nitro groups is 1. The summed E-state index contributed by atoms with van der Waals surface area (Å²) in [7, 11) is -3.96. The molecule has 11 heteroatoms. The minimum absolute atomic E-state index is 0.0913. The van der Waals surface area contributed by atoms with Gasteiger partial charge in [-0.1, -0.05) is 17.3 Å². The lowest BCUT2D eigenvalue weighted by molar-refractivity contribution is -0.385. The molecule has 0 aliphatic carbocycles. The van der Waals surface area contributed by atoms with Crippen molar-refractivity contribution < 1.29 is 17.9 Å². The molecule has 3 aromatic rings. The Morgan fingerprint density at radius 1 is 1.36 bits per heavy atom. The standard InChI is InChI=1S/C14H12N4O5S2/c1-9-4-5-10(7-11(9)18(19)20)25(21,22)15-8-13-16-14(17-23-13)12-3-2-6-24-12/h2-7,15H,8H2,1H3. The average Bonchev–Trinajstić information content (AvgIpc) is 3.24. The van der Waals surface area contributed by atoms with Crippen molar-refractivity contribution in [2.24, 2.45) is 0 Å². The van der Waals surface area contributed by atoms with Crippen LogP contribution in [0.5, 0.6) is 0 Å². The maximum Gasteiger partial charge on any atom is 0.273 e. The summed E-state index contributed by atoms with van der Waals surface area (Å²) in [6.07, 6.45) is 0. The molecule has 0 fully saturated rings. The number of nitrogens with zero attached hydrogens (tertiary/aromatic N) is 3. The van der Waals surface area contributed by atoms with Gasteiger partial charge < -0.3 is 4.52 Å². The van der Waals surface area contributed by atoms with Crippen LogP contribution in [0.3, 0.4) is 0 Å². The first kappa shape index (κ1) is 17.2. The molecule has 1 aromatic carbocycles. The first-order valence-electron chi connectivity index (χ1n) is 6.98. The lowest BCUT2D eigenvalue weighted by atomic mass is 10.2. The molecule has 0 unspecified atom stereocenters. The molecular weight excluding hydrogens is 368 g/mol. The van der Waals surface area contributed by atoms with Crippen LogP contribution in [0, 0.1) is 17.0 Å². The Labute approximate surface area is 146 Å². The minimum atomic E-state index is -3.96. The molecule has 0 atom stereocenters. The largest absolute Gasteiger partial charge is 0.337 e. The van der Waals surface area contributed by atoms with Gasteiger partial charge in [-0.25, -0.2) is 13.1 Å². The predicted molar refractivity (Wildman–Crippen MR) is 89.5 cm³/mol. The summed E-state index contributed by atoms with van der Waals surface area (Å²) in [5.41, 5.74) is 0.113. The van der Waals surface area contributed by atoms with Crippen LogP contribution in [0.25, 0.3) is 10.7 Å². The van der Waals surface area contributed by atoms with Crippen molar-refractivity contribution in [2.75, 3.05) is 0 Å². The zero-order valence-corrected chi connectivity index (χ0v) is 14.5. The van der Waals surface area contributed by atoms with Gasteiger partial charge in [0.2, 0.25) is 21.7 Å². The predicted octanol–water partition coefficient (Wildman–Crippen LogP) is 2.49. The molecule has 0 radical (unpaired) electrons. The van der Waals surface area contributed by atoms with Gasteiger partial charge in [-0.15, -0.1) is 11.3 Å². The molecule has 130 valence electrons. The van der Waals surface area contributed by atoms with E-state index in [1.54, 1.807) is 0 Å². The molecule has 1 N–H and O–H groups in total. The molecule has 0 saturated heterocycles. The summed E-state index contributed by atoms with van der Waals surface area (Å²) >= 11 is 1.43. The number of aryl methyl sites for hydroxylation is 1. The van der Waals surface area contributed by atoms with E-state index in [9.17, 15) is 18.5 Å². The quantitative estimate of drug-likeness (QED) is 0.514. The van der Waals surface area contributed by atoms with Gasteiger partial charge in [0.1, 0.15) is 0 Å². The van der Waals surface area contributed by atoms with Gasteiger partial charge >= 0.3 is 0 Å². The van der Waals surface area contributed by atoms with Crippen LogP contribution in [-0.4, -0.2) is 23.5 Å². The Kier molecular flexibility index (Phi) is 4.61. The van der Waals surface area contributed by atoms with Crippen LogP contribution in [0.15, 0.2) is 45.1 Å². The zero-order valence-electron chi connectivity index (χ0n) is 12.9.